The summed E-state index contributed by atoms with van der Waals surface area (Å²) in [5.41, 5.74) is 1.85. The molecule has 1 aromatic carbocycles. The fourth-order valence-electron chi connectivity index (χ4n) is 3.32. The summed E-state index contributed by atoms with van der Waals surface area (Å²) < 4.78 is 27.2. The van der Waals surface area contributed by atoms with Crippen molar-refractivity contribution in [1.29, 1.82) is 0 Å². The smallest absolute Gasteiger partial charge is 0.126 e. The van der Waals surface area contributed by atoms with Gasteiger partial charge in [0.1, 0.15) is 11.6 Å². The Balaban J connectivity index is 1.85. The molecule has 0 amide bonds. The summed E-state index contributed by atoms with van der Waals surface area (Å²) in [7, 11) is 1.91. The van der Waals surface area contributed by atoms with Crippen molar-refractivity contribution >= 4 is 11.3 Å². The van der Waals surface area contributed by atoms with E-state index < -0.39 is 0 Å². The summed E-state index contributed by atoms with van der Waals surface area (Å²) in [4.78, 5) is 1.45. The summed E-state index contributed by atoms with van der Waals surface area (Å²) in [6.45, 7) is 0. The Morgan fingerprint density at radius 3 is 3.00 bits per heavy atom. The van der Waals surface area contributed by atoms with Gasteiger partial charge in [-0.2, -0.15) is 0 Å². The molecule has 2 atom stereocenters. The van der Waals surface area contributed by atoms with Gasteiger partial charge >= 0.3 is 0 Å². The van der Waals surface area contributed by atoms with E-state index in [1.54, 1.807) is 0 Å². The maximum Gasteiger partial charge on any atom is 0.126 e. The van der Waals surface area contributed by atoms with Crippen molar-refractivity contribution in [3.63, 3.8) is 0 Å². The molecule has 0 saturated carbocycles. The van der Waals surface area contributed by atoms with E-state index in [1.807, 2.05) is 18.4 Å². The molecule has 0 aliphatic heterocycles. The van der Waals surface area contributed by atoms with Crippen LogP contribution in [0.4, 0.5) is 8.78 Å². The van der Waals surface area contributed by atoms with Crippen LogP contribution in [-0.4, -0.2) is 13.1 Å². The molecule has 1 aliphatic carbocycles. The first-order valence-electron chi connectivity index (χ1n) is 7.36. The van der Waals surface area contributed by atoms with Crippen LogP contribution < -0.4 is 5.32 Å². The van der Waals surface area contributed by atoms with Gasteiger partial charge in [-0.1, -0.05) is 0 Å². The second-order valence-electron chi connectivity index (χ2n) is 5.63. The highest BCUT2D eigenvalue weighted by Crippen LogP contribution is 2.37. The van der Waals surface area contributed by atoms with E-state index in [0.717, 1.165) is 12.8 Å². The predicted molar refractivity (Wildman–Crippen MR) is 82.9 cm³/mol. The molecule has 4 heteroatoms. The number of rotatable bonds is 4. The van der Waals surface area contributed by atoms with Gasteiger partial charge in [0.2, 0.25) is 0 Å². The molecule has 3 rings (SSSR count). The zero-order chi connectivity index (χ0) is 14.8. The Morgan fingerprint density at radius 1 is 1.33 bits per heavy atom. The van der Waals surface area contributed by atoms with Crippen LogP contribution in [0.15, 0.2) is 29.6 Å². The van der Waals surface area contributed by atoms with Gasteiger partial charge in [0.25, 0.3) is 0 Å². The normalized spacial score (nSPS) is 19.3. The molecule has 0 spiro atoms. The number of nitrogens with one attached hydrogen (secondary N) is 1. The van der Waals surface area contributed by atoms with Crippen LogP contribution in [0, 0.1) is 11.6 Å². The Hall–Kier alpha value is -1.26. The third kappa shape index (κ3) is 3.01. The summed E-state index contributed by atoms with van der Waals surface area (Å²) >= 11 is 1.81. The third-order valence-electron chi connectivity index (χ3n) is 4.40. The molecule has 112 valence electrons. The summed E-state index contributed by atoms with van der Waals surface area (Å²) in [6.07, 6.45) is 3.93. The lowest BCUT2D eigenvalue weighted by Gasteiger charge is -2.30. The molecule has 1 nitrogen and oxygen atoms in total. The van der Waals surface area contributed by atoms with Crippen molar-refractivity contribution in [2.24, 2.45) is 0 Å². The highest BCUT2D eigenvalue weighted by molar-refractivity contribution is 7.10. The second kappa shape index (κ2) is 6.24. The van der Waals surface area contributed by atoms with Crippen molar-refractivity contribution in [2.75, 3.05) is 7.05 Å². The number of halogens is 2. The Morgan fingerprint density at radius 2 is 2.19 bits per heavy atom. The number of aryl methyl sites for hydroxylation is 1. The van der Waals surface area contributed by atoms with Crippen LogP contribution in [-0.2, 0) is 12.8 Å². The quantitative estimate of drug-likeness (QED) is 0.889. The molecule has 21 heavy (non-hydrogen) atoms. The largest absolute Gasteiger partial charge is 0.316 e. The van der Waals surface area contributed by atoms with Crippen molar-refractivity contribution in [1.82, 2.24) is 5.32 Å². The van der Waals surface area contributed by atoms with E-state index in [0.29, 0.717) is 17.9 Å². The topological polar surface area (TPSA) is 12.0 Å². The van der Waals surface area contributed by atoms with Crippen molar-refractivity contribution in [3.8, 4) is 0 Å². The van der Waals surface area contributed by atoms with E-state index in [2.05, 4.69) is 16.8 Å². The van der Waals surface area contributed by atoms with Gasteiger partial charge in [0, 0.05) is 16.8 Å². The van der Waals surface area contributed by atoms with E-state index >= 15 is 0 Å². The molecule has 1 aliphatic rings. The van der Waals surface area contributed by atoms with Crippen molar-refractivity contribution in [3.05, 3.63) is 57.3 Å². The number of fused-ring (bicyclic) bond motifs is 1. The molecular weight excluding hydrogens is 288 g/mol. The number of hydrogen-bond donors (Lipinski definition) is 1. The molecule has 1 aromatic heterocycles. The zero-order valence-electron chi connectivity index (χ0n) is 12.0. The second-order valence-corrected chi connectivity index (χ2v) is 6.63. The first-order chi connectivity index (χ1) is 10.2. The number of benzene rings is 1. The average molecular weight is 307 g/mol. The first kappa shape index (κ1) is 14.7. The summed E-state index contributed by atoms with van der Waals surface area (Å²) in [5, 5.41) is 5.45. The van der Waals surface area contributed by atoms with Gasteiger partial charge in [-0.05, 0) is 73.5 Å². The summed E-state index contributed by atoms with van der Waals surface area (Å²) in [6, 6.07) is 6.03. The average Bonchev–Trinajstić information content (AvgIpc) is 2.96. The number of likely N-dealkylation sites (N-methyl/N-ethyl adjacent to an activating group) is 1. The zero-order valence-corrected chi connectivity index (χ0v) is 12.9. The Labute approximate surface area is 128 Å². The van der Waals surface area contributed by atoms with Crippen LogP contribution in [0.25, 0.3) is 0 Å². The minimum atomic E-state index is -0.374. The van der Waals surface area contributed by atoms with Gasteiger partial charge in [-0.3, -0.25) is 0 Å². The number of thiophene rings is 1. The molecule has 1 heterocycles. The highest BCUT2D eigenvalue weighted by Gasteiger charge is 2.28. The predicted octanol–water partition coefficient (Wildman–Crippen LogP) is 4.28. The molecule has 0 bridgehead atoms. The lowest BCUT2D eigenvalue weighted by Crippen LogP contribution is -2.35. The SMILES string of the molecule is CNC(Cc1cc(F)ccc1F)C1CCCc2sccc21. The Kier molecular flexibility index (Phi) is 4.36. The first-order valence-corrected chi connectivity index (χ1v) is 8.24. The molecule has 2 unspecified atom stereocenters. The van der Waals surface area contributed by atoms with Crippen LogP contribution in [0.2, 0.25) is 0 Å². The summed E-state index contributed by atoms with van der Waals surface area (Å²) in [5.74, 6) is -0.313. The van der Waals surface area contributed by atoms with E-state index in [-0.39, 0.29) is 17.7 Å². The van der Waals surface area contributed by atoms with Gasteiger partial charge < -0.3 is 5.32 Å². The molecule has 0 fully saturated rings. The van der Waals surface area contributed by atoms with Crippen LogP contribution in [0.5, 0.6) is 0 Å². The molecular formula is C17H19F2NS. The van der Waals surface area contributed by atoms with Crippen molar-refractivity contribution in [2.45, 2.75) is 37.6 Å². The van der Waals surface area contributed by atoms with Crippen LogP contribution in [0.1, 0.15) is 34.8 Å². The maximum absolute atomic E-state index is 13.9. The lowest BCUT2D eigenvalue weighted by atomic mass is 9.80. The van der Waals surface area contributed by atoms with Gasteiger partial charge in [0.15, 0.2) is 0 Å². The van der Waals surface area contributed by atoms with Gasteiger partial charge in [0.05, 0.1) is 0 Å². The monoisotopic (exact) mass is 307 g/mol. The minimum absolute atomic E-state index is 0.134. The number of hydrogen-bond acceptors (Lipinski definition) is 2. The molecule has 1 N–H and O–H groups in total. The highest BCUT2D eigenvalue weighted by atomic mass is 32.1. The van der Waals surface area contributed by atoms with Crippen LogP contribution in [0.3, 0.4) is 0 Å². The fourth-order valence-corrected chi connectivity index (χ4v) is 4.32. The standard InChI is InChI=1S/C17H19F2NS/c1-20-16(10-11-9-12(18)5-6-15(11)19)13-3-2-4-17-14(13)7-8-21-17/h5-9,13,16,20H,2-4,10H2,1H3. The molecule has 0 radical (unpaired) electrons. The van der Waals surface area contributed by atoms with Crippen molar-refractivity contribution < 1.29 is 8.78 Å². The van der Waals surface area contributed by atoms with Gasteiger partial charge in [-0.25, -0.2) is 8.78 Å². The van der Waals surface area contributed by atoms with E-state index in [4.69, 9.17) is 0 Å². The minimum Gasteiger partial charge on any atom is -0.316 e. The van der Waals surface area contributed by atoms with E-state index in [9.17, 15) is 8.78 Å². The maximum atomic E-state index is 13.9. The molecule has 0 saturated heterocycles. The van der Waals surface area contributed by atoms with Crippen LogP contribution >= 0.6 is 11.3 Å². The Bertz CT molecular complexity index is 623. The van der Waals surface area contributed by atoms with E-state index in [1.165, 1.54) is 35.1 Å². The third-order valence-corrected chi connectivity index (χ3v) is 5.40. The van der Waals surface area contributed by atoms with Gasteiger partial charge in [-0.15, -0.1) is 11.3 Å². The molecule has 2 aromatic rings. The lowest BCUT2D eigenvalue weighted by molar-refractivity contribution is 0.408. The fraction of sp³-hybridized carbons (Fsp3) is 0.412.